The van der Waals surface area contributed by atoms with Crippen LogP contribution >= 0.6 is 0 Å². The Morgan fingerprint density at radius 1 is 0.900 bits per heavy atom. The van der Waals surface area contributed by atoms with Crippen molar-refractivity contribution in [2.24, 2.45) is 0 Å². The number of anilines is 1. The second-order valence-electron chi connectivity index (χ2n) is 9.88. The average Bonchev–Trinajstić information content (AvgIpc) is 2.93. The minimum Gasteiger partial charge on any atom is -0.354 e. The Bertz CT molecular complexity index is 1420. The number of sulfonamides is 1. The van der Waals surface area contributed by atoms with Crippen LogP contribution in [0.1, 0.15) is 47.3 Å². The van der Waals surface area contributed by atoms with Crippen molar-refractivity contribution in [3.05, 3.63) is 101 Å². The summed E-state index contributed by atoms with van der Waals surface area (Å²) in [4.78, 5) is 41.0. The number of amides is 2. The van der Waals surface area contributed by atoms with Crippen molar-refractivity contribution in [1.29, 1.82) is 0 Å². The van der Waals surface area contributed by atoms with E-state index in [0.717, 1.165) is 33.7 Å². The van der Waals surface area contributed by atoms with Crippen molar-refractivity contribution in [2.45, 2.75) is 46.2 Å². The van der Waals surface area contributed by atoms with Gasteiger partial charge in [-0.3, -0.25) is 18.7 Å². The molecule has 0 saturated carbocycles. The number of nitrogens with zero attached hydrogens (tertiary/aromatic N) is 2. The number of Topliss-reactive ketones (excluding diaryl/α,β-unsaturated/α-hetero) is 1. The van der Waals surface area contributed by atoms with Crippen molar-refractivity contribution < 1.29 is 22.8 Å². The van der Waals surface area contributed by atoms with Crippen LogP contribution in [0.2, 0.25) is 0 Å². The van der Waals surface area contributed by atoms with E-state index in [2.05, 4.69) is 5.32 Å². The molecule has 0 spiro atoms. The summed E-state index contributed by atoms with van der Waals surface area (Å²) >= 11 is 0. The van der Waals surface area contributed by atoms with E-state index >= 15 is 0 Å². The number of benzene rings is 3. The van der Waals surface area contributed by atoms with E-state index in [1.165, 1.54) is 17.9 Å². The third-order valence-electron chi connectivity index (χ3n) is 6.51. The highest BCUT2D eigenvalue weighted by atomic mass is 32.2. The van der Waals surface area contributed by atoms with Gasteiger partial charge in [0, 0.05) is 25.1 Å². The van der Waals surface area contributed by atoms with Crippen molar-refractivity contribution >= 4 is 33.3 Å². The lowest BCUT2D eigenvalue weighted by Crippen LogP contribution is -2.53. The summed E-state index contributed by atoms with van der Waals surface area (Å²) in [5, 5.41) is 2.92. The Labute approximate surface area is 237 Å². The van der Waals surface area contributed by atoms with Gasteiger partial charge in [-0.25, -0.2) is 8.42 Å². The molecule has 0 radical (unpaired) electrons. The van der Waals surface area contributed by atoms with E-state index in [-0.39, 0.29) is 30.3 Å². The molecule has 2 amide bonds. The molecule has 0 aliphatic rings. The molecule has 0 aliphatic heterocycles. The number of hydrogen-bond acceptors (Lipinski definition) is 5. The average molecular weight is 564 g/mol. The fraction of sp³-hybridized carbons (Fsp3) is 0.323. The Hall–Kier alpha value is -3.98. The topological polar surface area (TPSA) is 104 Å². The van der Waals surface area contributed by atoms with Gasteiger partial charge in [0.25, 0.3) is 0 Å². The zero-order valence-corrected chi connectivity index (χ0v) is 24.3. The first-order valence-electron chi connectivity index (χ1n) is 13.2. The third-order valence-corrected chi connectivity index (χ3v) is 7.65. The number of rotatable bonds is 13. The summed E-state index contributed by atoms with van der Waals surface area (Å²) in [5.74, 6) is -1.07. The van der Waals surface area contributed by atoms with E-state index in [4.69, 9.17) is 0 Å². The zero-order chi connectivity index (χ0) is 29.3. The first-order valence-corrected chi connectivity index (χ1v) is 15.1. The van der Waals surface area contributed by atoms with Gasteiger partial charge in [-0.05, 0) is 43.5 Å². The molecule has 3 rings (SSSR count). The maximum Gasteiger partial charge on any atom is 0.244 e. The molecule has 1 N–H and O–H groups in total. The lowest BCUT2D eigenvalue weighted by molar-refractivity contribution is -0.140. The van der Waals surface area contributed by atoms with Gasteiger partial charge in [-0.2, -0.15) is 0 Å². The molecule has 40 heavy (non-hydrogen) atoms. The quantitative estimate of drug-likeness (QED) is 0.315. The Kier molecular flexibility index (Phi) is 10.6. The van der Waals surface area contributed by atoms with Crippen LogP contribution in [0.25, 0.3) is 0 Å². The summed E-state index contributed by atoms with van der Waals surface area (Å²) in [7, 11) is -3.91. The van der Waals surface area contributed by atoms with E-state index in [1.807, 2.05) is 68.4 Å². The van der Waals surface area contributed by atoms with Gasteiger partial charge in [0.1, 0.15) is 12.6 Å². The van der Waals surface area contributed by atoms with Crippen LogP contribution < -0.4 is 9.62 Å². The Morgan fingerprint density at radius 2 is 1.57 bits per heavy atom. The molecule has 0 aliphatic carbocycles. The number of hydrogen-bond donors (Lipinski definition) is 1. The summed E-state index contributed by atoms with van der Waals surface area (Å²) in [5.41, 5.74) is 3.27. The van der Waals surface area contributed by atoms with Crippen molar-refractivity contribution in [1.82, 2.24) is 10.2 Å². The molecular weight excluding hydrogens is 526 g/mol. The highest BCUT2D eigenvalue weighted by Gasteiger charge is 2.33. The third kappa shape index (κ3) is 8.51. The molecule has 0 fully saturated rings. The summed E-state index contributed by atoms with van der Waals surface area (Å²) in [6.07, 6.45) is 2.00. The number of carbonyl (C=O) groups is 3. The molecule has 0 heterocycles. The van der Waals surface area contributed by atoms with Gasteiger partial charge < -0.3 is 10.2 Å². The van der Waals surface area contributed by atoms with E-state index in [0.29, 0.717) is 12.1 Å². The van der Waals surface area contributed by atoms with Gasteiger partial charge in [0.05, 0.1) is 11.9 Å². The molecule has 0 unspecified atom stereocenters. The molecule has 1 atom stereocenters. The number of carbonyl (C=O) groups excluding carboxylic acids is 3. The predicted octanol–water partition coefficient (Wildman–Crippen LogP) is 4.13. The van der Waals surface area contributed by atoms with E-state index in [9.17, 15) is 22.8 Å². The van der Waals surface area contributed by atoms with Crippen LogP contribution in [0.3, 0.4) is 0 Å². The van der Waals surface area contributed by atoms with Crippen LogP contribution in [-0.4, -0.2) is 56.3 Å². The maximum absolute atomic E-state index is 14.0. The fourth-order valence-corrected chi connectivity index (χ4v) is 5.15. The smallest absolute Gasteiger partial charge is 0.244 e. The first kappa shape index (κ1) is 30.6. The van der Waals surface area contributed by atoms with Gasteiger partial charge >= 0.3 is 0 Å². The molecule has 212 valence electrons. The molecule has 0 bridgehead atoms. The molecular formula is C31H37N3O5S. The molecule has 8 nitrogen and oxygen atoms in total. The lowest BCUT2D eigenvalue weighted by Gasteiger charge is -2.33. The van der Waals surface area contributed by atoms with Crippen LogP contribution in [-0.2, 0) is 32.6 Å². The van der Waals surface area contributed by atoms with E-state index < -0.39 is 28.5 Å². The van der Waals surface area contributed by atoms with Crippen molar-refractivity contribution in [3.63, 3.8) is 0 Å². The molecule has 9 heteroatoms. The predicted molar refractivity (Wildman–Crippen MR) is 158 cm³/mol. The maximum atomic E-state index is 14.0. The van der Waals surface area contributed by atoms with Gasteiger partial charge in [-0.15, -0.1) is 0 Å². The highest BCUT2D eigenvalue weighted by Crippen LogP contribution is 2.22. The minimum atomic E-state index is -3.91. The number of aryl methyl sites for hydroxylation is 1. The monoisotopic (exact) mass is 563 g/mol. The van der Waals surface area contributed by atoms with Crippen LogP contribution in [0.15, 0.2) is 78.9 Å². The van der Waals surface area contributed by atoms with Gasteiger partial charge in [-0.1, -0.05) is 79.2 Å². The van der Waals surface area contributed by atoms with E-state index in [1.54, 1.807) is 18.2 Å². The Balaban J connectivity index is 2.05. The van der Waals surface area contributed by atoms with Gasteiger partial charge in [0.2, 0.25) is 21.8 Å². The normalized spacial score (nSPS) is 11.9. The number of nitrogens with one attached hydrogen (secondary N) is 1. The second kappa shape index (κ2) is 13.9. The fourth-order valence-electron chi connectivity index (χ4n) is 4.30. The Morgan fingerprint density at radius 3 is 2.17 bits per heavy atom. The molecule has 0 aromatic heterocycles. The van der Waals surface area contributed by atoms with Gasteiger partial charge in [0.15, 0.2) is 5.78 Å². The lowest BCUT2D eigenvalue weighted by atomic mass is 10.0. The molecule has 3 aromatic rings. The van der Waals surface area contributed by atoms with Crippen LogP contribution in [0, 0.1) is 6.92 Å². The standard InChI is InChI=1S/C31H37N3O5S/c1-5-18-32-31(37)29(19-25-10-7-6-8-11-25)33(21-26-16-14-23(2)15-17-26)30(36)22-34(40(4,38)39)28-13-9-12-27(20-28)24(3)35/h6-17,20,29H,5,18-19,21-22H2,1-4H3,(H,32,37)/t29-/m0/s1. The van der Waals surface area contributed by atoms with Crippen LogP contribution in [0.5, 0.6) is 0 Å². The second-order valence-corrected chi connectivity index (χ2v) is 11.8. The number of ketones is 1. The SMILES string of the molecule is CCCNC(=O)[C@H](Cc1ccccc1)N(Cc1ccc(C)cc1)C(=O)CN(c1cccc(C(C)=O)c1)S(C)(=O)=O. The van der Waals surface area contributed by atoms with Crippen molar-refractivity contribution in [2.75, 3.05) is 23.7 Å². The zero-order valence-electron chi connectivity index (χ0n) is 23.5. The summed E-state index contributed by atoms with van der Waals surface area (Å²) in [6.45, 7) is 5.33. The van der Waals surface area contributed by atoms with Crippen LogP contribution in [0.4, 0.5) is 5.69 Å². The largest absolute Gasteiger partial charge is 0.354 e. The highest BCUT2D eigenvalue weighted by molar-refractivity contribution is 7.92. The first-order chi connectivity index (χ1) is 19.0. The van der Waals surface area contributed by atoms with Crippen molar-refractivity contribution in [3.8, 4) is 0 Å². The molecule has 3 aromatic carbocycles. The minimum absolute atomic E-state index is 0.112. The molecule has 0 saturated heterocycles. The summed E-state index contributed by atoms with van der Waals surface area (Å²) < 4.78 is 26.8. The summed E-state index contributed by atoms with van der Waals surface area (Å²) in [6, 6.07) is 22.3.